The molecule has 0 atom stereocenters. The summed E-state index contributed by atoms with van der Waals surface area (Å²) in [7, 11) is 1.75. The monoisotopic (exact) mass is 534 g/mol. The van der Waals surface area contributed by atoms with Crippen molar-refractivity contribution in [3.8, 4) is 5.75 Å². The first-order chi connectivity index (χ1) is 18.0. The van der Waals surface area contributed by atoms with Crippen molar-refractivity contribution in [1.29, 1.82) is 5.41 Å². The smallest absolute Gasteiger partial charge is 0.412 e. The number of nitrogens with one attached hydrogen (secondary N) is 3. The van der Waals surface area contributed by atoms with Crippen LogP contribution >= 0.6 is 11.9 Å². The van der Waals surface area contributed by atoms with Crippen LogP contribution in [0.2, 0.25) is 0 Å². The highest BCUT2D eigenvalue weighted by Crippen LogP contribution is 2.25. The zero-order valence-corrected chi connectivity index (χ0v) is 23.1. The van der Waals surface area contributed by atoms with Crippen molar-refractivity contribution in [3.63, 3.8) is 0 Å². The number of carbonyl (C=O) groups is 2. The average molecular weight is 535 g/mol. The van der Waals surface area contributed by atoms with E-state index in [4.69, 9.17) is 14.9 Å². The molecule has 0 bridgehead atoms. The predicted octanol–water partition coefficient (Wildman–Crippen LogP) is 6.33. The fourth-order valence-electron chi connectivity index (χ4n) is 3.44. The molecule has 200 valence electrons. The number of anilines is 2. The minimum atomic E-state index is -0.659. The molecule has 0 aliphatic heterocycles. The molecule has 0 heterocycles. The lowest BCUT2D eigenvalue weighted by atomic mass is 10.1. The third kappa shape index (κ3) is 8.85. The van der Waals surface area contributed by atoms with Crippen LogP contribution in [-0.2, 0) is 22.6 Å². The first kappa shape index (κ1) is 28.6. The van der Waals surface area contributed by atoms with E-state index in [2.05, 4.69) is 10.6 Å². The summed E-state index contributed by atoms with van der Waals surface area (Å²) >= 11 is 1.36. The van der Waals surface area contributed by atoms with Crippen LogP contribution in [-0.4, -0.2) is 41.0 Å². The highest BCUT2D eigenvalue weighted by atomic mass is 32.2. The maximum Gasteiger partial charge on any atom is 0.412 e. The molecule has 9 heteroatoms. The molecule has 8 nitrogen and oxygen atoms in total. The Hall–Kier alpha value is -3.98. The van der Waals surface area contributed by atoms with Crippen LogP contribution in [0.15, 0.2) is 72.8 Å². The number of amides is 2. The van der Waals surface area contributed by atoms with E-state index in [9.17, 15) is 9.59 Å². The fraction of sp³-hybridized carbons (Fsp3) is 0.276. The molecule has 0 aromatic heterocycles. The number of carbonyl (C=O) groups excluding carboxylic acids is 2. The molecule has 0 radical (unpaired) electrons. The second kappa shape index (κ2) is 13.0. The number of amidine groups is 1. The van der Waals surface area contributed by atoms with Gasteiger partial charge in [-0.2, -0.15) is 0 Å². The highest BCUT2D eigenvalue weighted by molar-refractivity contribution is 7.96. The van der Waals surface area contributed by atoms with Crippen LogP contribution in [0.25, 0.3) is 0 Å². The summed E-state index contributed by atoms with van der Waals surface area (Å²) < 4.78 is 12.8. The van der Waals surface area contributed by atoms with Crippen molar-refractivity contribution < 1.29 is 19.1 Å². The molecule has 2 amide bonds. The Morgan fingerprint density at radius 2 is 1.63 bits per heavy atom. The SMILES string of the molecule is CSN(C)C(=N)c1cc(NC(=O)Cc2ccc(OCc3ccccc3)cc2)ccc1NC(=O)OC(C)(C)C. The second-order valence-corrected chi connectivity index (χ2v) is 10.5. The highest BCUT2D eigenvalue weighted by Gasteiger charge is 2.20. The topological polar surface area (TPSA) is 104 Å². The summed E-state index contributed by atoms with van der Waals surface area (Å²) in [6.07, 6.45) is 1.40. The van der Waals surface area contributed by atoms with Gasteiger partial charge in [-0.3, -0.25) is 15.5 Å². The van der Waals surface area contributed by atoms with Crippen LogP contribution in [0.4, 0.5) is 16.2 Å². The standard InChI is InChI=1S/C29H34N4O4S/c1-29(2,3)37-28(35)32-25-16-13-22(18-24(25)27(30)33(4)38-5)31-26(34)17-20-11-14-23(15-12-20)36-19-21-9-7-6-8-10-21/h6-16,18,30H,17,19H2,1-5H3,(H,31,34)(H,32,35). The minimum Gasteiger partial charge on any atom is -0.489 e. The summed E-state index contributed by atoms with van der Waals surface area (Å²) in [5.74, 6) is 0.699. The van der Waals surface area contributed by atoms with E-state index in [1.165, 1.54) is 11.9 Å². The van der Waals surface area contributed by atoms with Gasteiger partial charge in [0.15, 0.2) is 0 Å². The maximum absolute atomic E-state index is 12.8. The molecule has 0 saturated heterocycles. The van der Waals surface area contributed by atoms with Crippen molar-refractivity contribution in [3.05, 3.63) is 89.5 Å². The van der Waals surface area contributed by atoms with Crippen molar-refractivity contribution in [1.82, 2.24) is 4.31 Å². The largest absolute Gasteiger partial charge is 0.489 e. The van der Waals surface area contributed by atoms with Gasteiger partial charge in [-0.1, -0.05) is 54.4 Å². The lowest BCUT2D eigenvalue weighted by Crippen LogP contribution is -2.28. The van der Waals surface area contributed by atoms with Gasteiger partial charge in [0.2, 0.25) is 5.91 Å². The van der Waals surface area contributed by atoms with Crippen molar-refractivity contribution in [2.24, 2.45) is 0 Å². The predicted molar refractivity (Wildman–Crippen MR) is 154 cm³/mol. The van der Waals surface area contributed by atoms with Crippen LogP contribution < -0.4 is 15.4 Å². The van der Waals surface area contributed by atoms with Crippen LogP contribution in [0.5, 0.6) is 5.75 Å². The molecular formula is C29H34N4O4S. The quantitative estimate of drug-likeness (QED) is 0.168. The van der Waals surface area contributed by atoms with E-state index in [1.807, 2.05) is 60.9 Å². The lowest BCUT2D eigenvalue weighted by Gasteiger charge is -2.22. The van der Waals surface area contributed by atoms with Crippen LogP contribution in [0.3, 0.4) is 0 Å². The van der Waals surface area contributed by atoms with E-state index in [1.54, 1.807) is 50.3 Å². The first-order valence-corrected chi connectivity index (χ1v) is 13.3. The Labute approximate surface area is 228 Å². The van der Waals surface area contributed by atoms with Gasteiger partial charge in [0.05, 0.1) is 12.1 Å². The maximum atomic E-state index is 12.8. The van der Waals surface area contributed by atoms with E-state index < -0.39 is 11.7 Å². The average Bonchev–Trinajstić information content (AvgIpc) is 2.87. The van der Waals surface area contributed by atoms with E-state index in [-0.39, 0.29) is 18.2 Å². The van der Waals surface area contributed by atoms with E-state index in [0.29, 0.717) is 23.5 Å². The molecule has 0 unspecified atom stereocenters. The van der Waals surface area contributed by atoms with Gasteiger partial charge in [0.25, 0.3) is 0 Å². The normalized spacial score (nSPS) is 10.9. The molecule has 3 aromatic carbocycles. The Morgan fingerprint density at radius 3 is 2.26 bits per heavy atom. The molecule has 0 saturated carbocycles. The second-order valence-electron chi connectivity index (χ2n) is 9.56. The Kier molecular flexibility index (Phi) is 9.78. The number of nitrogens with zero attached hydrogens (tertiary/aromatic N) is 1. The number of ether oxygens (including phenoxy) is 2. The first-order valence-electron chi connectivity index (χ1n) is 12.1. The summed E-state index contributed by atoms with van der Waals surface area (Å²) in [4.78, 5) is 25.1. The number of benzene rings is 3. The fourth-order valence-corrected chi connectivity index (χ4v) is 3.72. The van der Waals surface area contributed by atoms with Gasteiger partial charge >= 0.3 is 6.09 Å². The van der Waals surface area contributed by atoms with E-state index >= 15 is 0 Å². The van der Waals surface area contributed by atoms with Crippen LogP contribution in [0, 0.1) is 5.41 Å². The molecule has 3 rings (SSSR count). The van der Waals surface area contributed by atoms with Crippen molar-refractivity contribution in [2.45, 2.75) is 39.4 Å². The van der Waals surface area contributed by atoms with Gasteiger partial charge in [-0.15, -0.1) is 0 Å². The zero-order chi connectivity index (χ0) is 27.7. The van der Waals surface area contributed by atoms with Crippen LogP contribution in [0.1, 0.15) is 37.5 Å². The molecule has 0 aliphatic rings. The van der Waals surface area contributed by atoms with Gasteiger partial charge < -0.3 is 19.1 Å². The summed E-state index contributed by atoms with van der Waals surface area (Å²) in [5.41, 5.74) is 2.64. The van der Waals surface area contributed by atoms with Gasteiger partial charge in [0.1, 0.15) is 23.8 Å². The number of rotatable bonds is 9. The molecule has 38 heavy (non-hydrogen) atoms. The third-order valence-electron chi connectivity index (χ3n) is 5.32. The Bertz CT molecular complexity index is 1260. The third-order valence-corrected chi connectivity index (χ3v) is 6.05. The molecule has 3 aromatic rings. The summed E-state index contributed by atoms with van der Waals surface area (Å²) in [5, 5.41) is 14.2. The molecule has 3 N–H and O–H groups in total. The Balaban J connectivity index is 1.66. The summed E-state index contributed by atoms with van der Waals surface area (Å²) in [6, 6.07) is 22.3. The van der Waals surface area contributed by atoms with E-state index in [0.717, 1.165) is 16.9 Å². The Morgan fingerprint density at radius 1 is 0.947 bits per heavy atom. The number of hydrogen-bond donors (Lipinski definition) is 3. The lowest BCUT2D eigenvalue weighted by molar-refractivity contribution is -0.115. The van der Waals surface area contributed by atoms with Gasteiger partial charge in [-0.25, -0.2) is 4.79 Å². The van der Waals surface area contributed by atoms with Gasteiger partial charge in [-0.05, 0) is 62.2 Å². The molecule has 0 spiro atoms. The van der Waals surface area contributed by atoms with Crippen molar-refractivity contribution in [2.75, 3.05) is 23.9 Å². The van der Waals surface area contributed by atoms with Gasteiger partial charge in [0, 0.05) is 24.6 Å². The zero-order valence-electron chi connectivity index (χ0n) is 22.3. The minimum absolute atomic E-state index is 0.172. The molecule has 0 fully saturated rings. The molecule has 0 aliphatic carbocycles. The van der Waals surface area contributed by atoms with Crippen molar-refractivity contribution >= 4 is 41.2 Å². The number of hydrogen-bond acceptors (Lipinski definition) is 6. The molecular weight excluding hydrogens is 500 g/mol. The summed E-state index contributed by atoms with van der Waals surface area (Å²) in [6.45, 7) is 5.81.